The number of esters is 1. The summed E-state index contributed by atoms with van der Waals surface area (Å²) < 4.78 is 5.16. The Labute approximate surface area is 193 Å². The van der Waals surface area contributed by atoms with Gasteiger partial charge in [-0.3, -0.25) is 19.4 Å². The summed E-state index contributed by atoms with van der Waals surface area (Å²) in [6, 6.07) is 18.0. The van der Waals surface area contributed by atoms with Crippen LogP contribution in [0.5, 0.6) is 0 Å². The highest BCUT2D eigenvalue weighted by molar-refractivity contribution is 6.04. The molecule has 1 unspecified atom stereocenters. The van der Waals surface area contributed by atoms with Crippen molar-refractivity contribution < 1.29 is 19.1 Å². The van der Waals surface area contributed by atoms with Crippen molar-refractivity contribution in [1.29, 1.82) is 0 Å². The van der Waals surface area contributed by atoms with Gasteiger partial charge >= 0.3 is 5.97 Å². The molecule has 1 saturated heterocycles. The molecule has 2 aromatic carbocycles. The van der Waals surface area contributed by atoms with E-state index >= 15 is 0 Å². The van der Waals surface area contributed by atoms with Gasteiger partial charge in [0.1, 0.15) is 5.78 Å². The molecule has 0 N–H and O–H groups in total. The van der Waals surface area contributed by atoms with E-state index in [0.717, 1.165) is 24.2 Å². The second-order valence-corrected chi connectivity index (χ2v) is 9.23. The molecule has 2 aromatic rings. The lowest BCUT2D eigenvalue weighted by molar-refractivity contribution is -0.137. The summed E-state index contributed by atoms with van der Waals surface area (Å²) in [5, 5.41) is 0. The molecule has 3 aliphatic rings. The third-order valence-corrected chi connectivity index (χ3v) is 7.55. The number of anilines is 1. The molecule has 0 aromatic heterocycles. The lowest BCUT2D eigenvalue weighted by Crippen LogP contribution is -2.54. The quantitative estimate of drug-likeness (QED) is 0.674. The molecule has 1 amide bonds. The third-order valence-electron chi connectivity index (χ3n) is 7.55. The second kappa shape index (κ2) is 7.96. The van der Waals surface area contributed by atoms with Gasteiger partial charge in [-0.05, 0) is 37.0 Å². The standard InChI is InChI=1S/C27H28N2O4/c1-17(30)20-15-21(26(32)33-3)25-27(22-11-7-8-12-23(22)29(25)18(2)31)13-14-28(24(20)27)16-19-9-5-4-6-10-19/h4-12,20,24H,13-16H2,1-3H3/t20-,24-,27?/m1/s1. The van der Waals surface area contributed by atoms with Gasteiger partial charge in [0.15, 0.2) is 0 Å². The first-order valence-electron chi connectivity index (χ1n) is 11.4. The molecule has 3 atom stereocenters. The Bertz CT molecular complexity index is 1170. The number of ketones is 1. The maximum absolute atomic E-state index is 13.0. The van der Waals surface area contributed by atoms with Crippen LogP contribution in [0.4, 0.5) is 5.69 Å². The number of amides is 1. The first-order chi connectivity index (χ1) is 15.9. The zero-order valence-corrected chi connectivity index (χ0v) is 19.2. The number of Topliss-reactive ketones (excluding diaryl/α,β-unsaturated/α-hetero) is 1. The van der Waals surface area contributed by atoms with Gasteiger partial charge in [-0.2, -0.15) is 0 Å². The highest BCUT2D eigenvalue weighted by Gasteiger charge is 2.64. The minimum absolute atomic E-state index is 0.0542. The van der Waals surface area contributed by atoms with Gasteiger partial charge in [0, 0.05) is 37.7 Å². The Balaban J connectivity index is 1.76. The number of nitrogens with zero attached hydrogens (tertiary/aromatic N) is 2. The van der Waals surface area contributed by atoms with Crippen LogP contribution in [0, 0.1) is 5.92 Å². The Morgan fingerprint density at radius 3 is 2.39 bits per heavy atom. The molecule has 2 heterocycles. The number of hydrogen-bond donors (Lipinski definition) is 0. The van der Waals surface area contributed by atoms with Crippen molar-refractivity contribution in [3.05, 3.63) is 77.0 Å². The average Bonchev–Trinajstić information content (AvgIpc) is 3.33. The van der Waals surface area contributed by atoms with Crippen LogP contribution >= 0.6 is 0 Å². The normalized spacial score (nSPS) is 26.0. The van der Waals surface area contributed by atoms with Crippen LogP contribution in [0.2, 0.25) is 0 Å². The molecule has 6 heteroatoms. The maximum atomic E-state index is 13.0. The smallest absolute Gasteiger partial charge is 0.335 e. The fraction of sp³-hybridized carbons (Fsp3) is 0.370. The molecule has 1 spiro atoms. The largest absolute Gasteiger partial charge is 0.466 e. The first-order valence-corrected chi connectivity index (χ1v) is 11.4. The lowest BCUT2D eigenvalue weighted by atomic mass is 9.62. The van der Waals surface area contributed by atoms with Crippen molar-refractivity contribution in [3.63, 3.8) is 0 Å². The van der Waals surface area contributed by atoms with Crippen molar-refractivity contribution in [3.8, 4) is 0 Å². The van der Waals surface area contributed by atoms with Crippen LogP contribution in [0.15, 0.2) is 65.9 Å². The molecule has 5 rings (SSSR count). The fourth-order valence-corrected chi connectivity index (χ4v) is 6.39. The van der Waals surface area contributed by atoms with Gasteiger partial charge in [0.25, 0.3) is 0 Å². The Hall–Kier alpha value is -3.25. The molecule has 2 aliphatic heterocycles. The number of rotatable bonds is 4. The van der Waals surface area contributed by atoms with Crippen molar-refractivity contribution in [1.82, 2.24) is 4.90 Å². The minimum Gasteiger partial charge on any atom is -0.466 e. The van der Waals surface area contributed by atoms with E-state index < -0.39 is 11.4 Å². The lowest BCUT2D eigenvalue weighted by Gasteiger charge is -2.45. The molecule has 0 radical (unpaired) electrons. The highest BCUT2D eigenvalue weighted by Crippen LogP contribution is 2.61. The van der Waals surface area contributed by atoms with E-state index in [-0.39, 0.29) is 30.1 Å². The van der Waals surface area contributed by atoms with E-state index in [9.17, 15) is 14.4 Å². The molecular formula is C27H28N2O4. The average molecular weight is 445 g/mol. The fourth-order valence-electron chi connectivity index (χ4n) is 6.39. The molecule has 33 heavy (non-hydrogen) atoms. The number of para-hydroxylation sites is 1. The van der Waals surface area contributed by atoms with Crippen LogP contribution in [0.25, 0.3) is 0 Å². The molecule has 6 nitrogen and oxygen atoms in total. The van der Waals surface area contributed by atoms with Gasteiger partial charge in [-0.25, -0.2) is 4.79 Å². The Morgan fingerprint density at radius 2 is 1.73 bits per heavy atom. The highest BCUT2D eigenvalue weighted by atomic mass is 16.5. The van der Waals surface area contributed by atoms with E-state index in [1.54, 1.807) is 11.8 Å². The van der Waals surface area contributed by atoms with Crippen LogP contribution in [-0.2, 0) is 31.1 Å². The zero-order chi connectivity index (χ0) is 23.3. The number of carbonyl (C=O) groups is 3. The number of ether oxygens (including phenoxy) is 1. The number of carbonyl (C=O) groups excluding carboxylic acids is 3. The van der Waals surface area contributed by atoms with Gasteiger partial charge in [-0.1, -0.05) is 48.5 Å². The molecule has 170 valence electrons. The van der Waals surface area contributed by atoms with Crippen molar-refractivity contribution in [2.75, 3.05) is 18.6 Å². The minimum atomic E-state index is -0.616. The van der Waals surface area contributed by atoms with Crippen molar-refractivity contribution in [2.24, 2.45) is 5.92 Å². The van der Waals surface area contributed by atoms with Crippen LogP contribution in [0.1, 0.15) is 37.8 Å². The number of hydrogen-bond acceptors (Lipinski definition) is 5. The summed E-state index contributed by atoms with van der Waals surface area (Å²) in [5.74, 6) is -0.917. The predicted octanol–water partition coefficient (Wildman–Crippen LogP) is 3.60. The summed E-state index contributed by atoms with van der Waals surface area (Å²) in [5.41, 5.74) is 3.54. The third kappa shape index (κ3) is 3.08. The Kier molecular flexibility index (Phi) is 5.20. The van der Waals surface area contributed by atoms with Crippen LogP contribution < -0.4 is 4.90 Å². The summed E-state index contributed by atoms with van der Waals surface area (Å²) in [4.78, 5) is 43.1. The molecule has 0 bridgehead atoms. The summed E-state index contributed by atoms with van der Waals surface area (Å²) in [6.07, 6.45) is 0.998. The maximum Gasteiger partial charge on any atom is 0.335 e. The van der Waals surface area contributed by atoms with Gasteiger partial charge < -0.3 is 4.74 Å². The number of fused-ring (bicyclic) bond motifs is 1. The SMILES string of the molecule is COC(=O)C1=C2N(C(C)=O)c3ccccc3C23CCN(Cc2ccccc2)[C@@H]3[C@@H](C(C)=O)C1. The van der Waals surface area contributed by atoms with Gasteiger partial charge in [0.05, 0.1) is 23.8 Å². The van der Waals surface area contributed by atoms with E-state index in [1.807, 2.05) is 36.4 Å². The molecule has 0 saturated carbocycles. The number of likely N-dealkylation sites (tertiary alicyclic amines) is 1. The van der Waals surface area contributed by atoms with Crippen molar-refractivity contribution in [2.45, 2.75) is 44.7 Å². The van der Waals surface area contributed by atoms with Gasteiger partial charge in [-0.15, -0.1) is 0 Å². The number of methoxy groups -OCH3 is 1. The predicted molar refractivity (Wildman–Crippen MR) is 124 cm³/mol. The molecular weight excluding hydrogens is 416 g/mol. The van der Waals surface area contributed by atoms with E-state index in [2.05, 4.69) is 23.1 Å². The van der Waals surface area contributed by atoms with E-state index in [4.69, 9.17) is 4.74 Å². The van der Waals surface area contributed by atoms with Crippen LogP contribution in [0.3, 0.4) is 0 Å². The van der Waals surface area contributed by atoms with Gasteiger partial charge in [0.2, 0.25) is 5.91 Å². The summed E-state index contributed by atoms with van der Waals surface area (Å²) in [7, 11) is 1.36. The summed E-state index contributed by atoms with van der Waals surface area (Å²) in [6.45, 7) is 4.61. The number of benzene rings is 2. The van der Waals surface area contributed by atoms with E-state index in [0.29, 0.717) is 17.8 Å². The zero-order valence-electron chi connectivity index (χ0n) is 19.2. The van der Waals surface area contributed by atoms with Crippen molar-refractivity contribution >= 4 is 23.3 Å². The molecule has 1 fully saturated rings. The Morgan fingerprint density at radius 1 is 1.03 bits per heavy atom. The monoisotopic (exact) mass is 444 g/mol. The molecule has 1 aliphatic carbocycles. The second-order valence-electron chi connectivity index (χ2n) is 9.23. The first kappa shape index (κ1) is 21.6. The van der Waals surface area contributed by atoms with Crippen LogP contribution in [-0.4, -0.2) is 42.3 Å². The topological polar surface area (TPSA) is 66.9 Å². The summed E-state index contributed by atoms with van der Waals surface area (Å²) >= 11 is 0. The van der Waals surface area contributed by atoms with E-state index in [1.165, 1.54) is 19.6 Å².